The van der Waals surface area contributed by atoms with E-state index in [9.17, 15) is 18.7 Å². The molecule has 2 heterocycles. The Hall–Kier alpha value is -2.97. The van der Waals surface area contributed by atoms with Gasteiger partial charge in [-0.1, -0.05) is 17.7 Å². The smallest absolute Gasteiger partial charge is 0.309 e. The maximum absolute atomic E-state index is 13.8. The standard InChI is InChI=1S/C27H29ClF2N2O4/c1-35-18-7-8-23-20(16-18)19(21(28)17-31-23)4-3-9-27(26(33)34)10-12-32(13-11-27)14-15-36-24-6-2-5-22(29)25(24)30/h2,5-8,16-17H,3-4,9-15H2,1H3,(H,33,34). The summed E-state index contributed by atoms with van der Waals surface area (Å²) in [7, 11) is 1.60. The Bertz CT molecular complexity index is 1230. The number of halogens is 3. The van der Waals surface area contributed by atoms with Gasteiger partial charge in [-0.25, -0.2) is 4.39 Å². The highest BCUT2D eigenvalue weighted by Crippen LogP contribution is 2.38. The molecule has 2 aromatic carbocycles. The number of likely N-dealkylation sites (tertiary alicyclic amines) is 1. The fraction of sp³-hybridized carbons (Fsp3) is 0.407. The molecule has 1 aromatic heterocycles. The molecule has 0 amide bonds. The molecule has 0 unspecified atom stereocenters. The maximum atomic E-state index is 13.8. The number of carbonyl (C=O) groups is 1. The van der Waals surface area contributed by atoms with Gasteiger partial charge < -0.3 is 14.6 Å². The summed E-state index contributed by atoms with van der Waals surface area (Å²) < 4.78 is 37.8. The van der Waals surface area contributed by atoms with E-state index in [2.05, 4.69) is 9.88 Å². The van der Waals surface area contributed by atoms with Gasteiger partial charge >= 0.3 is 5.97 Å². The molecule has 36 heavy (non-hydrogen) atoms. The number of hydrogen-bond acceptors (Lipinski definition) is 5. The molecule has 1 aliphatic heterocycles. The number of hydrogen-bond donors (Lipinski definition) is 1. The second-order valence-corrected chi connectivity index (χ2v) is 9.56. The number of aromatic nitrogens is 1. The Labute approximate surface area is 213 Å². The van der Waals surface area contributed by atoms with Gasteiger partial charge in [-0.15, -0.1) is 0 Å². The first-order valence-electron chi connectivity index (χ1n) is 12.0. The van der Waals surface area contributed by atoms with Crippen LogP contribution in [0.4, 0.5) is 8.78 Å². The number of carboxylic acid groups (broad SMARTS) is 1. The first-order valence-corrected chi connectivity index (χ1v) is 12.3. The van der Waals surface area contributed by atoms with Gasteiger partial charge in [-0.2, -0.15) is 4.39 Å². The van der Waals surface area contributed by atoms with Crippen LogP contribution in [-0.4, -0.2) is 54.3 Å². The molecule has 1 saturated heterocycles. The van der Waals surface area contributed by atoms with Gasteiger partial charge in [-0.05, 0) is 81.1 Å². The average Bonchev–Trinajstić information content (AvgIpc) is 2.88. The van der Waals surface area contributed by atoms with Crippen molar-refractivity contribution in [2.75, 3.05) is 33.4 Å². The lowest BCUT2D eigenvalue weighted by Gasteiger charge is -2.39. The molecule has 1 aliphatic rings. The molecule has 6 nitrogen and oxygen atoms in total. The van der Waals surface area contributed by atoms with Crippen molar-refractivity contribution in [1.82, 2.24) is 9.88 Å². The third-order valence-electron chi connectivity index (χ3n) is 7.06. The fourth-order valence-corrected chi connectivity index (χ4v) is 5.09. The van der Waals surface area contributed by atoms with E-state index in [1.54, 1.807) is 13.3 Å². The summed E-state index contributed by atoms with van der Waals surface area (Å²) in [6.07, 6.45) is 4.49. The number of nitrogens with zero attached hydrogens (tertiary/aromatic N) is 2. The Morgan fingerprint density at radius 1 is 1.22 bits per heavy atom. The molecule has 4 rings (SSSR count). The van der Waals surface area contributed by atoms with Crippen LogP contribution >= 0.6 is 11.6 Å². The molecular formula is C27H29ClF2N2O4. The Morgan fingerprint density at radius 3 is 2.72 bits per heavy atom. The quantitative estimate of drug-likeness (QED) is 0.369. The van der Waals surface area contributed by atoms with Crippen molar-refractivity contribution >= 4 is 28.5 Å². The Morgan fingerprint density at radius 2 is 2.00 bits per heavy atom. The van der Waals surface area contributed by atoms with Crippen LogP contribution in [0.1, 0.15) is 31.2 Å². The first kappa shape index (κ1) is 26.1. The topological polar surface area (TPSA) is 71.9 Å². The highest BCUT2D eigenvalue weighted by atomic mass is 35.5. The van der Waals surface area contributed by atoms with E-state index < -0.39 is 23.0 Å². The lowest BCUT2D eigenvalue weighted by atomic mass is 9.74. The molecule has 9 heteroatoms. The minimum Gasteiger partial charge on any atom is -0.497 e. The van der Waals surface area contributed by atoms with Crippen LogP contribution in [0.25, 0.3) is 10.9 Å². The fourth-order valence-electron chi connectivity index (χ4n) is 4.84. The van der Waals surface area contributed by atoms with E-state index in [0.29, 0.717) is 62.5 Å². The lowest BCUT2D eigenvalue weighted by molar-refractivity contribution is -0.152. The number of carboxylic acids is 1. The summed E-state index contributed by atoms with van der Waals surface area (Å²) in [6.45, 7) is 1.89. The summed E-state index contributed by atoms with van der Waals surface area (Å²) in [5, 5.41) is 11.5. The van der Waals surface area contributed by atoms with Crippen molar-refractivity contribution in [3.05, 3.63) is 64.8 Å². The van der Waals surface area contributed by atoms with Crippen molar-refractivity contribution in [2.45, 2.75) is 32.1 Å². The van der Waals surface area contributed by atoms with Crippen molar-refractivity contribution in [3.63, 3.8) is 0 Å². The van der Waals surface area contributed by atoms with Gasteiger partial charge in [-0.3, -0.25) is 14.7 Å². The number of pyridine rings is 1. The molecular weight excluding hydrogens is 490 g/mol. The summed E-state index contributed by atoms with van der Waals surface area (Å²) in [6, 6.07) is 9.47. The minimum absolute atomic E-state index is 0.119. The number of aliphatic carboxylic acids is 1. The van der Waals surface area contributed by atoms with Crippen molar-refractivity contribution in [1.29, 1.82) is 0 Å². The van der Waals surface area contributed by atoms with Crippen molar-refractivity contribution in [2.24, 2.45) is 5.41 Å². The third kappa shape index (κ3) is 5.71. The van der Waals surface area contributed by atoms with E-state index in [0.717, 1.165) is 22.5 Å². The molecule has 0 aliphatic carbocycles. The number of aryl methyl sites for hydroxylation is 1. The molecule has 1 fully saturated rings. The van der Waals surface area contributed by atoms with Gasteiger partial charge in [0.1, 0.15) is 12.4 Å². The van der Waals surface area contributed by atoms with Gasteiger partial charge in [0.2, 0.25) is 5.82 Å². The first-order chi connectivity index (χ1) is 17.3. The highest BCUT2D eigenvalue weighted by Gasteiger charge is 2.40. The number of rotatable bonds is 10. The second kappa shape index (κ2) is 11.4. The van der Waals surface area contributed by atoms with E-state index in [4.69, 9.17) is 21.1 Å². The molecule has 0 saturated carbocycles. The second-order valence-electron chi connectivity index (χ2n) is 9.15. The van der Waals surface area contributed by atoms with E-state index in [1.807, 2.05) is 18.2 Å². The summed E-state index contributed by atoms with van der Waals surface area (Å²) in [5.74, 6) is -2.14. The number of piperidine rings is 1. The average molecular weight is 519 g/mol. The van der Waals surface area contributed by atoms with Crippen LogP contribution in [-0.2, 0) is 11.2 Å². The molecule has 192 valence electrons. The SMILES string of the molecule is COc1ccc2ncc(Cl)c(CCCC3(C(=O)O)CCN(CCOc4cccc(F)c4F)CC3)c2c1. The van der Waals surface area contributed by atoms with Gasteiger partial charge in [0, 0.05) is 18.1 Å². The van der Waals surface area contributed by atoms with Crippen molar-refractivity contribution < 1.29 is 28.2 Å². The van der Waals surface area contributed by atoms with Crippen LogP contribution in [0.2, 0.25) is 5.02 Å². The zero-order chi connectivity index (χ0) is 25.7. The minimum atomic E-state index is -0.999. The lowest BCUT2D eigenvalue weighted by Crippen LogP contribution is -2.45. The predicted molar refractivity (Wildman–Crippen MR) is 134 cm³/mol. The zero-order valence-electron chi connectivity index (χ0n) is 20.1. The number of ether oxygens (including phenoxy) is 2. The zero-order valence-corrected chi connectivity index (χ0v) is 20.9. The van der Waals surface area contributed by atoms with E-state index >= 15 is 0 Å². The van der Waals surface area contributed by atoms with Crippen LogP contribution in [0, 0.1) is 17.0 Å². The van der Waals surface area contributed by atoms with Gasteiger partial charge in [0.25, 0.3) is 0 Å². The largest absolute Gasteiger partial charge is 0.497 e. The van der Waals surface area contributed by atoms with Crippen LogP contribution in [0.15, 0.2) is 42.6 Å². The summed E-state index contributed by atoms with van der Waals surface area (Å²) in [4.78, 5) is 18.8. The third-order valence-corrected chi connectivity index (χ3v) is 7.39. The highest BCUT2D eigenvalue weighted by molar-refractivity contribution is 6.32. The molecule has 0 atom stereocenters. The van der Waals surface area contributed by atoms with Gasteiger partial charge in [0.15, 0.2) is 11.6 Å². The number of methoxy groups -OCH3 is 1. The molecule has 1 N–H and O–H groups in total. The Balaban J connectivity index is 1.33. The summed E-state index contributed by atoms with van der Waals surface area (Å²) in [5.41, 5.74) is 0.955. The molecule has 0 spiro atoms. The number of benzene rings is 2. The summed E-state index contributed by atoms with van der Waals surface area (Å²) >= 11 is 6.47. The molecule has 3 aromatic rings. The Kier molecular flexibility index (Phi) is 8.26. The van der Waals surface area contributed by atoms with Crippen LogP contribution in [0.3, 0.4) is 0 Å². The normalized spacial score (nSPS) is 15.7. The van der Waals surface area contributed by atoms with Crippen LogP contribution in [0.5, 0.6) is 11.5 Å². The molecule has 0 bridgehead atoms. The predicted octanol–water partition coefficient (Wildman–Crippen LogP) is 5.74. The van der Waals surface area contributed by atoms with E-state index in [-0.39, 0.29) is 12.4 Å². The number of fused-ring (bicyclic) bond motifs is 1. The maximum Gasteiger partial charge on any atom is 0.309 e. The van der Waals surface area contributed by atoms with Crippen LogP contribution < -0.4 is 9.47 Å². The molecule has 0 radical (unpaired) electrons. The van der Waals surface area contributed by atoms with Gasteiger partial charge in [0.05, 0.1) is 23.1 Å². The van der Waals surface area contributed by atoms with Crippen molar-refractivity contribution in [3.8, 4) is 11.5 Å². The van der Waals surface area contributed by atoms with E-state index in [1.165, 1.54) is 12.1 Å². The monoisotopic (exact) mass is 518 g/mol.